The van der Waals surface area contributed by atoms with Crippen LogP contribution in [-0.4, -0.2) is 37.3 Å². The fourth-order valence-electron chi connectivity index (χ4n) is 1.95. The Balaban J connectivity index is 2.32. The van der Waals surface area contributed by atoms with Gasteiger partial charge < -0.3 is 5.73 Å². The van der Waals surface area contributed by atoms with Gasteiger partial charge in [0.25, 0.3) is 0 Å². The molecular weight excluding hydrogens is 268 g/mol. The second-order valence-corrected chi connectivity index (χ2v) is 7.70. The number of hydrogen-bond acceptors (Lipinski definition) is 4. The minimum atomic E-state index is -3.42. The van der Waals surface area contributed by atoms with Crippen molar-refractivity contribution in [2.45, 2.75) is 24.3 Å². The van der Waals surface area contributed by atoms with Crippen LogP contribution in [-0.2, 0) is 10.0 Å². The van der Waals surface area contributed by atoms with Gasteiger partial charge in [-0.2, -0.15) is 16.1 Å². The van der Waals surface area contributed by atoms with Gasteiger partial charge in [-0.05, 0) is 36.8 Å². The molecule has 1 aliphatic heterocycles. The topological polar surface area (TPSA) is 63.4 Å². The highest BCUT2D eigenvalue weighted by atomic mass is 32.2. The van der Waals surface area contributed by atoms with Gasteiger partial charge in [0.2, 0.25) is 10.0 Å². The molecule has 1 aromatic rings. The van der Waals surface area contributed by atoms with E-state index in [2.05, 4.69) is 0 Å². The summed E-state index contributed by atoms with van der Waals surface area (Å²) in [6, 6.07) is 5.02. The van der Waals surface area contributed by atoms with E-state index < -0.39 is 10.0 Å². The van der Waals surface area contributed by atoms with Crippen LogP contribution < -0.4 is 5.73 Å². The lowest BCUT2D eigenvalue weighted by molar-refractivity contribution is 0.394. The second kappa shape index (κ2) is 5.11. The van der Waals surface area contributed by atoms with Gasteiger partial charge in [-0.25, -0.2) is 8.42 Å². The van der Waals surface area contributed by atoms with Gasteiger partial charge in [0.15, 0.2) is 0 Å². The largest absolute Gasteiger partial charge is 0.398 e. The molecule has 1 unspecified atom stereocenters. The number of nitrogen functional groups attached to an aromatic ring is 1. The van der Waals surface area contributed by atoms with Gasteiger partial charge in [0, 0.05) is 24.5 Å². The Kier molecular flexibility index (Phi) is 3.89. The standard InChI is InChI=1S/C12H18N2O2S2/c1-9-3-4-11(7-12(9)13)18(15,16)14(2)10-5-6-17-8-10/h3-4,7,10H,5-6,8,13H2,1-2H3. The molecule has 0 spiro atoms. The van der Waals surface area contributed by atoms with Crippen LogP contribution in [0.25, 0.3) is 0 Å². The van der Waals surface area contributed by atoms with Crippen molar-refractivity contribution in [1.82, 2.24) is 4.31 Å². The molecule has 1 atom stereocenters. The molecule has 2 N–H and O–H groups in total. The van der Waals surface area contributed by atoms with Gasteiger partial charge in [-0.15, -0.1) is 0 Å². The molecule has 1 heterocycles. The Morgan fingerprint density at radius 3 is 2.72 bits per heavy atom. The molecule has 0 bridgehead atoms. The highest BCUT2D eigenvalue weighted by Crippen LogP contribution is 2.27. The first-order chi connectivity index (χ1) is 8.43. The number of sulfonamides is 1. The molecule has 0 aliphatic carbocycles. The van der Waals surface area contributed by atoms with Crippen LogP contribution in [0.15, 0.2) is 23.1 Å². The number of nitrogens with zero attached hydrogens (tertiary/aromatic N) is 1. The van der Waals surface area contributed by atoms with E-state index in [1.807, 2.05) is 6.92 Å². The van der Waals surface area contributed by atoms with E-state index >= 15 is 0 Å². The summed E-state index contributed by atoms with van der Waals surface area (Å²) < 4.78 is 26.4. The van der Waals surface area contributed by atoms with E-state index in [1.165, 1.54) is 4.31 Å². The summed E-state index contributed by atoms with van der Waals surface area (Å²) >= 11 is 1.80. The molecule has 1 fully saturated rings. The first kappa shape index (κ1) is 13.7. The zero-order valence-corrected chi connectivity index (χ0v) is 12.2. The van der Waals surface area contributed by atoms with Gasteiger partial charge in [-0.1, -0.05) is 6.07 Å². The summed E-state index contributed by atoms with van der Waals surface area (Å²) in [4.78, 5) is 0.282. The quantitative estimate of drug-likeness (QED) is 0.859. The minimum Gasteiger partial charge on any atom is -0.398 e. The molecule has 0 radical (unpaired) electrons. The maximum atomic E-state index is 12.4. The maximum Gasteiger partial charge on any atom is 0.243 e. The molecule has 100 valence electrons. The third kappa shape index (κ3) is 2.50. The predicted octanol–water partition coefficient (Wildman–Crippen LogP) is 1.70. The molecule has 1 aliphatic rings. The maximum absolute atomic E-state index is 12.4. The fraction of sp³-hybridized carbons (Fsp3) is 0.500. The molecule has 18 heavy (non-hydrogen) atoms. The van der Waals surface area contributed by atoms with Crippen molar-refractivity contribution >= 4 is 27.5 Å². The fourth-order valence-corrected chi connectivity index (χ4v) is 4.73. The Morgan fingerprint density at radius 1 is 1.44 bits per heavy atom. The van der Waals surface area contributed by atoms with Crippen LogP contribution in [0.1, 0.15) is 12.0 Å². The molecule has 1 saturated heterocycles. The number of hydrogen-bond donors (Lipinski definition) is 1. The van der Waals surface area contributed by atoms with Gasteiger partial charge >= 0.3 is 0 Å². The molecule has 2 rings (SSSR count). The monoisotopic (exact) mass is 286 g/mol. The van der Waals surface area contributed by atoms with Crippen molar-refractivity contribution < 1.29 is 8.42 Å². The number of anilines is 1. The van der Waals surface area contributed by atoms with E-state index in [0.29, 0.717) is 5.69 Å². The number of aryl methyl sites for hydroxylation is 1. The van der Waals surface area contributed by atoms with Gasteiger partial charge in [0.1, 0.15) is 0 Å². The average molecular weight is 286 g/mol. The molecule has 0 saturated carbocycles. The van der Waals surface area contributed by atoms with E-state index in [4.69, 9.17) is 5.73 Å². The minimum absolute atomic E-state index is 0.0996. The summed E-state index contributed by atoms with van der Waals surface area (Å²) in [7, 11) is -1.77. The van der Waals surface area contributed by atoms with Crippen LogP contribution in [0.3, 0.4) is 0 Å². The van der Waals surface area contributed by atoms with E-state index in [9.17, 15) is 8.42 Å². The summed E-state index contributed by atoms with van der Waals surface area (Å²) in [5, 5.41) is 0. The third-order valence-electron chi connectivity index (χ3n) is 3.35. The smallest absolute Gasteiger partial charge is 0.243 e. The van der Waals surface area contributed by atoms with Crippen molar-refractivity contribution in [2.75, 3.05) is 24.3 Å². The van der Waals surface area contributed by atoms with Gasteiger partial charge in [0.05, 0.1) is 4.90 Å². The highest BCUT2D eigenvalue weighted by molar-refractivity contribution is 7.99. The lowest BCUT2D eigenvalue weighted by Crippen LogP contribution is -2.36. The third-order valence-corrected chi connectivity index (χ3v) is 6.40. The first-order valence-electron chi connectivity index (χ1n) is 5.85. The van der Waals surface area contributed by atoms with Crippen LogP contribution in [0.5, 0.6) is 0 Å². The summed E-state index contributed by atoms with van der Waals surface area (Å²) in [6.45, 7) is 1.86. The Hall–Kier alpha value is -0.720. The van der Waals surface area contributed by atoms with Gasteiger partial charge in [-0.3, -0.25) is 0 Å². The molecule has 1 aromatic carbocycles. The molecule has 0 amide bonds. The van der Waals surface area contributed by atoms with Crippen molar-refractivity contribution in [3.8, 4) is 0 Å². The highest BCUT2D eigenvalue weighted by Gasteiger charge is 2.30. The number of nitrogens with two attached hydrogens (primary N) is 1. The Bertz CT molecular complexity index is 537. The van der Waals surface area contributed by atoms with E-state index in [0.717, 1.165) is 23.5 Å². The van der Waals surface area contributed by atoms with Crippen LogP contribution in [0.2, 0.25) is 0 Å². The molecule has 6 heteroatoms. The number of thioether (sulfide) groups is 1. The van der Waals surface area contributed by atoms with Crippen molar-refractivity contribution in [3.63, 3.8) is 0 Å². The zero-order valence-electron chi connectivity index (χ0n) is 10.6. The Labute approximate surface area is 113 Å². The van der Waals surface area contributed by atoms with Crippen molar-refractivity contribution in [3.05, 3.63) is 23.8 Å². The first-order valence-corrected chi connectivity index (χ1v) is 8.44. The van der Waals surface area contributed by atoms with E-state index in [-0.39, 0.29) is 10.9 Å². The zero-order chi connectivity index (χ0) is 13.3. The predicted molar refractivity (Wildman–Crippen MR) is 76.3 cm³/mol. The van der Waals surface area contributed by atoms with Crippen molar-refractivity contribution in [2.24, 2.45) is 0 Å². The lowest BCUT2D eigenvalue weighted by atomic mass is 10.2. The Morgan fingerprint density at radius 2 is 2.17 bits per heavy atom. The number of benzene rings is 1. The van der Waals surface area contributed by atoms with Crippen LogP contribution in [0, 0.1) is 6.92 Å². The summed E-state index contributed by atoms with van der Waals surface area (Å²) in [5.74, 6) is 1.90. The van der Waals surface area contributed by atoms with Crippen LogP contribution >= 0.6 is 11.8 Å². The number of rotatable bonds is 3. The molecule has 4 nitrogen and oxygen atoms in total. The normalized spacial score (nSPS) is 20.5. The summed E-state index contributed by atoms with van der Waals surface area (Å²) in [6.07, 6.45) is 0.918. The molecule has 0 aromatic heterocycles. The van der Waals surface area contributed by atoms with E-state index in [1.54, 1.807) is 37.0 Å². The second-order valence-electron chi connectivity index (χ2n) is 4.56. The molecular formula is C12H18N2O2S2. The SMILES string of the molecule is Cc1ccc(S(=O)(=O)N(C)C2CCSC2)cc1N. The lowest BCUT2D eigenvalue weighted by Gasteiger charge is -2.23. The van der Waals surface area contributed by atoms with Crippen LogP contribution in [0.4, 0.5) is 5.69 Å². The average Bonchev–Trinajstić information content (AvgIpc) is 2.85. The summed E-state index contributed by atoms with van der Waals surface area (Å²) in [5.41, 5.74) is 7.20. The van der Waals surface area contributed by atoms with Crippen molar-refractivity contribution in [1.29, 1.82) is 0 Å².